The van der Waals surface area contributed by atoms with Crippen LogP contribution >= 0.6 is 0 Å². The van der Waals surface area contributed by atoms with Gasteiger partial charge in [0, 0.05) is 12.6 Å². The number of benzene rings is 1. The second-order valence-electron chi connectivity index (χ2n) is 5.00. The Bertz CT molecular complexity index is 458. The van der Waals surface area contributed by atoms with Crippen LogP contribution in [0.3, 0.4) is 0 Å². The molecular weight excluding hydrogens is 218 g/mol. The van der Waals surface area contributed by atoms with Gasteiger partial charge in [-0.1, -0.05) is 20.8 Å². The minimum atomic E-state index is -0.954. The summed E-state index contributed by atoms with van der Waals surface area (Å²) in [5.74, 6) is -1.13. The van der Waals surface area contributed by atoms with E-state index in [1.54, 1.807) is 12.1 Å². The molecule has 0 fully saturated rings. The summed E-state index contributed by atoms with van der Waals surface area (Å²) in [4.78, 5) is 22.1. The third-order valence-corrected chi connectivity index (χ3v) is 2.38. The third kappa shape index (κ3) is 3.31. The van der Waals surface area contributed by atoms with Crippen LogP contribution in [0.2, 0.25) is 0 Å². The molecule has 0 saturated heterocycles. The predicted octanol–water partition coefficient (Wildman–Crippen LogP) is 2.64. The molecule has 4 nitrogen and oxygen atoms in total. The fourth-order valence-corrected chi connectivity index (χ4v) is 1.63. The van der Waals surface area contributed by atoms with Gasteiger partial charge in [-0.05, 0) is 29.2 Å². The molecule has 1 rings (SSSR count). The molecule has 0 aliphatic carbocycles. The Morgan fingerprint density at radius 2 is 1.82 bits per heavy atom. The summed E-state index contributed by atoms with van der Waals surface area (Å²) in [5, 5.41) is 11.8. The Balaban J connectivity index is 3.29. The number of carboxylic acid groups (broad SMARTS) is 1. The third-order valence-electron chi connectivity index (χ3n) is 2.38. The summed E-state index contributed by atoms with van der Waals surface area (Å²) in [7, 11) is 0. The van der Waals surface area contributed by atoms with E-state index in [9.17, 15) is 9.59 Å². The van der Waals surface area contributed by atoms with Gasteiger partial charge in [0.2, 0.25) is 5.91 Å². The Hall–Kier alpha value is -1.84. The average Bonchev–Trinajstić information content (AvgIpc) is 2.14. The molecule has 1 aromatic carbocycles. The van der Waals surface area contributed by atoms with Crippen LogP contribution in [-0.4, -0.2) is 17.0 Å². The molecule has 1 aromatic rings. The lowest BCUT2D eigenvalue weighted by Gasteiger charge is -2.22. The van der Waals surface area contributed by atoms with Crippen molar-refractivity contribution in [3.63, 3.8) is 0 Å². The number of carboxylic acids is 1. The van der Waals surface area contributed by atoms with Crippen LogP contribution in [0, 0.1) is 0 Å². The number of rotatable bonds is 2. The first-order chi connectivity index (χ1) is 7.71. The zero-order chi connectivity index (χ0) is 13.2. The molecule has 92 valence electrons. The number of hydrogen-bond acceptors (Lipinski definition) is 2. The van der Waals surface area contributed by atoms with Crippen molar-refractivity contribution in [3.05, 3.63) is 29.3 Å². The number of aromatic carboxylic acids is 1. The van der Waals surface area contributed by atoms with Gasteiger partial charge in [-0.25, -0.2) is 4.79 Å². The molecule has 0 radical (unpaired) electrons. The van der Waals surface area contributed by atoms with Crippen LogP contribution in [0.25, 0.3) is 0 Å². The zero-order valence-electron chi connectivity index (χ0n) is 10.5. The van der Waals surface area contributed by atoms with Crippen molar-refractivity contribution < 1.29 is 14.7 Å². The zero-order valence-corrected chi connectivity index (χ0v) is 10.5. The number of amides is 1. The summed E-state index contributed by atoms with van der Waals surface area (Å²) in [6.07, 6.45) is 0. The smallest absolute Gasteiger partial charge is 0.335 e. The normalized spacial score (nSPS) is 11.1. The van der Waals surface area contributed by atoms with Gasteiger partial charge in [0.1, 0.15) is 0 Å². The van der Waals surface area contributed by atoms with E-state index in [-0.39, 0.29) is 16.9 Å². The van der Waals surface area contributed by atoms with Crippen molar-refractivity contribution in [1.29, 1.82) is 0 Å². The highest BCUT2D eigenvalue weighted by molar-refractivity contribution is 5.93. The predicted molar refractivity (Wildman–Crippen MR) is 66.4 cm³/mol. The van der Waals surface area contributed by atoms with E-state index in [1.165, 1.54) is 13.0 Å². The second-order valence-corrected chi connectivity index (χ2v) is 5.00. The Kier molecular flexibility index (Phi) is 3.56. The second kappa shape index (κ2) is 4.57. The maximum atomic E-state index is 11.1. The molecule has 0 aliphatic rings. The van der Waals surface area contributed by atoms with Gasteiger partial charge in [0.05, 0.1) is 5.56 Å². The fraction of sp³-hybridized carbons (Fsp3) is 0.385. The van der Waals surface area contributed by atoms with Crippen LogP contribution in [0.4, 0.5) is 5.69 Å². The van der Waals surface area contributed by atoms with Gasteiger partial charge in [-0.2, -0.15) is 0 Å². The van der Waals surface area contributed by atoms with Crippen LogP contribution < -0.4 is 5.32 Å². The van der Waals surface area contributed by atoms with E-state index in [0.29, 0.717) is 11.3 Å². The molecule has 4 heteroatoms. The summed E-state index contributed by atoms with van der Waals surface area (Å²) in [5.41, 5.74) is 1.30. The van der Waals surface area contributed by atoms with Crippen molar-refractivity contribution in [3.8, 4) is 0 Å². The number of anilines is 1. The van der Waals surface area contributed by atoms with Gasteiger partial charge in [0.25, 0.3) is 0 Å². The van der Waals surface area contributed by atoms with Crippen LogP contribution in [0.1, 0.15) is 43.6 Å². The lowest BCUT2D eigenvalue weighted by molar-refractivity contribution is -0.114. The molecule has 0 aromatic heterocycles. The first-order valence-electron chi connectivity index (χ1n) is 5.37. The highest BCUT2D eigenvalue weighted by Gasteiger charge is 2.21. The van der Waals surface area contributed by atoms with Crippen molar-refractivity contribution >= 4 is 17.6 Å². The lowest BCUT2D eigenvalue weighted by atomic mass is 9.83. The summed E-state index contributed by atoms with van der Waals surface area (Å²) < 4.78 is 0. The molecule has 0 atom stereocenters. The van der Waals surface area contributed by atoms with Crippen molar-refractivity contribution in [2.75, 3.05) is 5.32 Å². The average molecular weight is 235 g/mol. The maximum absolute atomic E-state index is 11.1. The number of carbonyl (C=O) groups is 2. The molecule has 1 amide bonds. The molecule has 0 spiro atoms. The number of carbonyl (C=O) groups excluding carboxylic acids is 1. The topological polar surface area (TPSA) is 66.4 Å². The van der Waals surface area contributed by atoms with Gasteiger partial charge in [-0.15, -0.1) is 0 Å². The molecule has 0 aliphatic heterocycles. The summed E-state index contributed by atoms with van der Waals surface area (Å²) in [6.45, 7) is 7.23. The molecule has 0 heterocycles. The maximum Gasteiger partial charge on any atom is 0.335 e. The Morgan fingerprint density at radius 1 is 1.24 bits per heavy atom. The minimum Gasteiger partial charge on any atom is -0.478 e. The minimum absolute atomic E-state index is 0.173. The first kappa shape index (κ1) is 13.2. The van der Waals surface area contributed by atoms with E-state index in [1.807, 2.05) is 20.8 Å². The summed E-state index contributed by atoms with van der Waals surface area (Å²) in [6, 6.07) is 4.83. The SMILES string of the molecule is CC(=O)Nc1ccc(C(=O)O)c(C(C)(C)C)c1. The number of hydrogen-bond donors (Lipinski definition) is 2. The van der Waals surface area contributed by atoms with Crippen LogP contribution in [-0.2, 0) is 10.2 Å². The Morgan fingerprint density at radius 3 is 2.24 bits per heavy atom. The van der Waals surface area contributed by atoms with E-state index < -0.39 is 5.97 Å². The quantitative estimate of drug-likeness (QED) is 0.828. The molecule has 17 heavy (non-hydrogen) atoms. The van der Waals surface area contributed by atoms with Crippen molar-refractivity contribution in [1.82, 2.24) is 0 Å². The van der Waals surface area contributed by atoms with Gasteiger partial charge in [-0.3, -0.25) is 4.79 Å². The van der Waals surface area contributed by atoms with E-state index in [0.717, 1.165) is 0 Å². The number of nitrogens with one attached hydrogen (secondary N) is 1. The van der Waals surface area contributed by atoms with Crippen molar-refractivity contribution in [2.24, 2.45) is 0 Å². The van der Waals surface area contributed by atoms with Gasteiger partial charge >= 0.3 is 5.97 Å². The standard InChI is InChI=1S/C13H17NO3/c1-8(15)14-9-5-6-10(12(16)17)11(7-9)13(2,3)4/h5-7H,1-4H3,(H,14,15)(H,16,17). The van der Waals surface area contributed by atoms with E-state index >= 15 is 0 Å². The monoisotopic (exact) mass is 235 g/mol. The van der Waals surface area contributed by atoms with E-state index in [2.05, 4.69) is 5.32 Å². The van der Waals surface area contributed by atoms with Gasteiger partial charge in [0.15, 0.2) is 0 Å². The highest BCUT2D eigenvalue weighted by atomic mass is 16.4. The van der Waals surface area contributed by atoms with Gasteiger partial charge < -0.3 is 10.4 Å². The van der Waals surface area contributed by atoms with E-state index in [4.69, 9.17) is 5.11 Å². The molecular formula is C13H17NO3. The lowest BCUT2D eigenvalue weighted by Crippen LogP contribution is -2.18. The molecule has 0 bridgehead atoms. The Labute approximate surface area is 101 Å². The first-order valence-corrected chi connectivity index (χ1v) is 5.37. The molecule has 2 N–H and O–H groups in total. The van der Waals surface area contributed by atoms with Crippen LogP contribution in [0.5, 0.6) is 0 Å². The molecule has 0 unspecified atom stereocenters. The fourth-order valence-electron chi connectivity index (χ4n) is 1.63. The summed E-state index contributed by atoms with van der Waals surface area (Å²) >= 11 is 0. The van der Waals surface area contributed by atoms with Crippen molar-refractivity contribution in [2.45, 2.75) is 33.1 Å². The van der Waals surface area contributed by atoms with Crippen LogP contribution in [0.15, 0.2) is 18.2 Å². The highest BCUT2D eigenvalue weighted by Crippen LogP contribution is 2.28. The molecule has 0 saturated carbocycles. The largest absolute Gasteiger partial charge is 0.478 e.